The van der Waals surface area contributed by atoms with E-state index in [1.54, 1.807) is 0 Å². The van der Waals surface area contributed by atoms with Crippen molar-refractivity contribution < 1.29 is 32.8 Å². The van der Waals surface area contributed by atoms with Gasteiger partial charge >= 0.3 is 13.8 Å². The molecule has 0 aliphatic carbocycles. The molecule has 0 aromatic heterocycles. The Kier molecular flexibility index (Phi) is 54.0. The molecule has 0 radical (unpaired) electrons. The molecular formula is C56H114NO7P. The molecule has 0 aliphatic heterocycles. The number of esters is 1. The van der Waals surface area contributed by atoms with E-state index in [1.807, 2.05) is 0 Å². The van der Waals surface area contributed by atoms with Crippen LogP contribution in [0.15, 0.2) is 0 Å². The summed E-state index contributed by atoms with van der Waals surface area (Å²) in [6, 6.07) is 0. The number of nitrogens with two attached hydrogens (primary N) is 1. The summed E-state index contributed by atoms with van der Waals surface area (Å²) in [5.74, 6) is -0.320. The highest BCUT2D eigenvalue weighted by Crippen LogP contribution is 2.43. The van der Waals surface area contributed by atoms with Gasteiger partial charge in [-0.3, -0.25) is 13.8 Å². The number of carbonyl (C=O) groups is 1. The van der Waals surface area contributed by atoms with Crippen molar-refractivity contribution in [2.45, 2.75) is 322 Å². The first-order valence-electron chi connectivity index (χ1n) is 29.0. The van der Waals surface area contributed by atoms with Crippen LogP contribution < -0.4 is 5.73 Å². The molecule has 0 aromatic rings. The van der Waals surface area contributed by atoms with Crippen molar-refractivity contribution in [1.82, 2.24) is 0 Å². The Morgan fingerprint density at radius 1 is 0.400 bits per heavy atom. The maximum atomic E-state index is 12.7. The standard InChI is InChI=1S/C56H114NO7P/c1-3-5-7-9-11-13-15-17-19-20-21-22-23-24-25-26-27-28-29-30-31-32-33-34-35-36-37-39-41-43-45-47-49-56(58)64-55(54-63-65(59,60)62-52-50-57)53-61-51-48-46-44-42-40-38-18-16-14-12-10-8-6-4-2/h55H,3-54,57H2,1-2H3,(H,59,60)/t55-/m1/s1. The fraction of sp³-hybridized carbons (Fsp3) is 0.982. The molecule has 0 amide bonds. The summed E-state index contributed by atoms with van der Waals surface area (Å²) in [4.78, 5) is 22.6. The molecule has 1 unspecified atom stereocenters. The number of hydrogen-bond donors (Lipinski definition) is 2. The average molecular weight is 945 g/mol. The van der Waals surface area contributed by atoms with Gasteiger partial charge in [0.1, 0.15) is 6.10 Å². The minimum absolute atomic E-state index is 0.0897. The predicted octanol–water partition coefficient (Wildman–Crippen LogP) is 18.4. The topological polar surface area (TPSA) is 117 Å². The summed E-state index contributed by atoms with van der Waals surface area (Å²) in [5.41, 5.74) is 5.39. The van der Waals surface area contributed by atoms with E-state index < -0.39 is 13.9 Å². The summed E-state index contributed by atoms with van der Waals surface area (Å²) < 4.78 is 33.6. The van der Waals surface area contributed by atoms with Crippen molar-refractivity contribution in [2.24, 2.45) is 5.73 Å². The first-order valence-corrected chi connectivity index (χ1v) is 30.5. The Balaban J connectivity index is 3.71. The van der Waals surface area contributed by atoms with E-state index in [2.05, 4.69) is 13.8 Å². The zero-order valence-corrected chi connectivity index (χ0v) is 44.7. The van der Waals surface area contributed by atoms with Gasteiger partial charge in [0.2, 0.25) is 0 Å². The number of carbonyl (C=O) groups excluding carboxylic acids is 1. The second-order valence-electron chi connectivity index (χ2n) is 19.9. The molecule has 65 heavy (non-hydrogen) atoms. The Bertz CT molecular complexity index is 971. The molecule has 0 spiro atoms. The fourth-order valence-electron chi connectivity index (χ4n) is 9.00. The highest BCUT2D eigenvalue weighted by Gasteiger charge is 2.25. The highest BCUT2D eigenvalue weighted by atomic mass is 31.2. The normalized spacial score (nSPS) is 13.1. The first-order chi connectivity index (χ1) is 31.9. The molecule has 0 rings (SSSR count). The van der Waals surface area contributed by atoms with Gasteiger partial charge in [0, 0.05) is 19.6 Å². The Morgan fingerprint density at radius 2 is 0.677 bits per heavy atom. The van der Waals surface area contributed by atoms with Crippen LogP contribution in [0.5, 0.6) is 0 Å². The molecule has 2 atom stereocenters. The first kappa shape index (κ1) is 64.5. The van der Waals surface area contributed by atoms with Crippen molar-refractivity contribution in [3.63, 3.8) is 0 Å². The second kappa shape index (κ2) is 54.4. The molecule has 3 N–H and O–H groups in total. The van der Waals surface area contributed by atoms with Gasteiger partial charge < -0.3 is 20.1 Å². The average Bonchev–Trinajstić information content (AvgIpc) is 3.30. The summed E-state index contributed by atoms with van der Waals surface area (Å²) >= 11 is 0. The Morgan fingerprint density at radius 3 is 0.969 bits per heavy atom. The van der Waals surface area contributed by atoms with Crippen LogP contribution in [-0.4, -0.2) is 49.9 Å². The summed E-state index contributed by atoms with van der Waals surface area (Å²) in [7, 11) is -4.27. The van der Waals surface area contributed by atoms with Gasteiger partial charge in [-0.2, -0.15) is 0 Å². The summed E-state index contributed by atoms with van der Waals surface area (Å²) in [6.07, 6.45) is 61.8. The molecule has 0 saturated carbocycles. The number of phosphoric acid groups is 1. The monoisotopic (exact) mass is 944 g/mol. The third kappa shape index (κ3) is 54.3. The number of phosphoric ester groups is 1. The molecule has 0 aliphatic rings. The van der Waals surface area contributed by atoms with Crippen LogP contribution in [0.2, 0.25) is 0 Å². The Labute approximate surface area is 405 Å². The van der Waals surface area contributed by atoms with Crippen molar-refractivity contribution in [1.29, 1.82) is 0 Å². The molecule has 0 fully saturated rings. The fourth-order valence-corrected chi connectivity index (χ4v) is 9.77. The van der Waals surface area contributed by atoms with Gasteiger partial charge in [0.05, 0.1) is 19.8 Å². The highest BCUT2D eigenvalue weighted by molar-refractivity contribution is 7.47. The van der Waals surface area contributed by atoms with E-state index in [1.165, 1.54) is 263 Å². The third-order valence-corrected chi connectivity index (χ3v) is 14.3. The van der Waals surface area contributed by atoms with Crippen LogP contribution in [0.25, 0.3) is 0 Å². The quantitative estimate of drug-likeness (QED) is 0.0352. The minimum Gasteiger partial charge on any atom is -0.457 e. The molecule has 0 heterocycles. The molecule has 8 nitrogen and oxygen atoms in total. The third-order valence-electron chi connectivity index (χ3n) is 13.3. The zero-order valence-electron chi connectivity index (χ0n) is 43.8. The van der Waals surface area contributed by atoms with Gasteiger partial charge in [-0.05, 0) is 12.8 Å². The molecule has 0 bridgehead atoms. The van der Waals surface area contributed by atoms with Gasteiger partial charge in [-0.25, -0.2) is 4.57 Å². The van der Waals surface area contributed by atoms with Crippen LogP contribution in [0, 0.1) is 0 Å². The van der Waals surface area contributed by atoms with Gasteiger partial charge in [0.15, 0.2) is 0 Å². The van der Waals surface area contributed by atoms with Crippen molar-refractivity contribution >= 4 is 13.8 Å². The van der Waals surface area contributed by atoms with E-state index >= 15 is 0 Å². The molecule has 0 aromatic carbocycles. The summed E-state index contributed by atoms with van der Waals surface area (Å²) in [6.45, 7) is 5.01. The lowest BCUT2D eigenvalue weighted by molar-refractivity contribution is -0.154. The SMILES string of the molecule is CCCCCCCCCCCCCCCCCCCCCCCCCCCCCCCCCCC(=O)O[C@H](COCCCCCCCCCCCCCCCC)COP(=O)(O)OCCN. The van der Waals surface area contributed by atoms with E-state index in [0.717, 1.165) is 32.1 Å². The van der Waals surface area contributed by atoms with E-state index in [-0.39, 0.29) is 32.3 Å². The lowest BCUT2D eigenvalue weighted by atomic mass is 10.0. The number of ether oxygens (including phenoxy) is 2. The Hall–Kier alpha value is -0.500. The number of hydrogen-bond acceptors (Lipinski definition) is 7. The minimum atomic E-state index is -4.27. The van der Waals surface area contributed by atoms with E-state index in [0.29, 0.717) is 13.0 Å². The number of unbranched alkanes of at least 4 members (excludes halogenated alkanes) is 44. The zero-order chi connectivity index (χ0) is 47.3. The summed E-state index contributed by atoms with van der Waals surface area (Å²) in [5, 5.41) is 0. The van der Waals surface area contributed by atoms with E-state index in [4.69, 9.17) is 24.3 Å². The van der Waals surface area contributed by atoms with Gasteiger partial charge in [-0.15, -0.1) is 0 Å². The van der Waals surface area contributed by atoms with Crippen molar-refractivity contribution in [3.8, 4) is 0 Å². The van der Waals surface area contributed by atoms with Crippen LogP contribution in [-0.2, 0) is 27.9 Å². The van der Waals surface area contributed by atoms with Crippen molar-refractivity contribution in [2.75, 3.05) is 33.0 Å². The lowest BCUT2D eigenvalue weighted by Crippen LogP contribution is -2.28. The molecular weight excluding hydrogens is 830 g/mol. The molecule has 9 heteroatoms. The van der Waals surface area contributed by atoms with E-state index in [9.17, 15) is 14.3 Å². The van der Waals surface area contributed by atoms with Crippen LogP contribution in [0.1, 0.15) is 316 Å². The maximum Gasteiger partial charge on any atom is 0.472 e. The van der Waals surface area contributed by atoms with Gasteiger partial charge in [0.25, 0.3) is 0 Å². The lowest BCUT2D eigenvalue weighted by Gasteiger charge is -2.20. The molecule has 390 valence electrons. The number of rotatable bonds is 57. The van der Waals surface area contributed by atoms with Gasteiger partial charge in [-0.1, -0.05) is 296 Å². The van der Waals surface area contributed by atoms with Crippen LogP contribution in [0.4, 0.5) is 0 Å². The predicted molar refractivity (Wildman–Crippen MR) is 280 cm³/mol. The molecule has 0 saturated heterocycles. The van der Waals surface area contributed by atoms with Crippen LogP contribution in [0.3, 0.4) is 0 Å². The largest absolute Gasteiger partial charge is 0.472 e. The second-order valence-corrected chi connectivity index (χ2v) is 21.3. The maximum absolute atomic E-state index is 12.7. The van der Waals surface area contributed by atoms with Crippen LogP contribution >= 0.6 is 7.82 Å². The van der Waals surface area contributed by atoms with Crippen molar-refractivity contribution in [3.05, 3.63) is 0 Å². The smallest absolute Gasteiger partial charge is 0.457 e.